The summed E-state index contributed by atoms with van der Waals surface area (Å²) in [5, 5.41) is 7.05. The maximum Gasteiger partial charge on any atom is 0.191 e. The summed E-state index contributed by atoms with van der Waals surface area (Å²) in [6.45, 7) is 9.45. The fraction of sp³-hybridized carbons (Fsp3) is 0.682. The van der Waals surface area contributed by atoms with Crippen LogP contribution in [0, 0.1) is 5.82 Å². The van der Waals surface area contributed by atoms with E-state index in [1.165, 1.54) is 6.07 Å². The fourth-order valence-electron chi connectivity index (χ4n) is 4.14. The third-order valence-corrected chi connectivity index (χ3v) is 7.10. The molecular formula is C22H36FIN4OS. The Morgan fingerprint density at radius 1 is 1.33 bits per heavy atom. The summed E-state index contributed by atoms with van der Waals surface area (Å²) in [5.41, 5.74) is 0.957. The van der Waals surface area contributed by atoms with Gasteiger partial charge in [-0.15, -0.1) is 24.0 Å². The first-order valence-corrected chi connectivity index (χ1v) is 11.9. The van der Waals surface area contributed by atoms with E-state index in [4.69, 9.17) is 9.73 Å². The number of rotatable bonds is 7. The Hall–Kier alpha value is -0.740. The average molecular weight is 551 g/mol. The second kappa shape index (κ2) is 13.0. The van der Waals surface area contributed by atoms with Gasteiger partial charge in [-0.3, -0.25) is 4.99 Å². The predicted molar refractivity (Wildman–Crippen MR) is 137 cm³/mol. The number of thioether (sulfide) groups is 1. The molecule has 0 amide bonds. The van der Waals surface area contributed by atoms with Crippen LogP contribution in [0.1, 0.15) is 39.5 Å². The molecule has 0 radical (unpaired) electrons. The lowest BCUT2D eigenvalue weighted by molar-refractivity contribution is 0.0793. The van der Waals surface area contributed by atoms with Crippen molar-refractivity contribution in [2.45, 2.75) is 50.3 Å². The zero-order chi connectivity index (χ0) is 20.5. The van der Waals surface area contributed by atoms with E-state index < -0.39 is 0 Å². The van der Waals surface area contributed by atoms with Gasteiger partial charge in [0, 0.05) is 49.3 Å². The van der Waals surface area contributed by atoms with Gasteiger partial charge in [0.1, 0.15) is 5.82 Å². The molecule has 0 bridgehead atoms. The van der Waals surface area contributed by atoms with Crippen molar-refractivity contribution in [3.63, 3.8) is 0 Å². The molecule has 2 aliphatic heterocycles. The molecule has 30 heavy (non-hydrogen) atoms. The number of piperidine rings is 1. The molecule has 1 aromatic carbocycles. The Labute approximate surface area is 202 Å². The van der Waals surface area contributed by atoms with Gasteiger partial charge in [0.2, 0.25) is 0 Å². The van der Waals surface area contributed by atoms with Gasteiger partial charge in [0.25, 0.3) is 0 Å². The van der Waals surface area contributed by atoms with E-state index >= 15 is 0 Å². The standard InChI is InChI=1S/C22H35FN4OS.HI/c1-3-24-21(25-17-22(29-4-2)10-13-28-14-11-22)26-19-8-6-12-27(16-19)20-9-5-7-18(23)15-20;/h5,7,9,15,19H,3-4,6,8,10-14,16-17H2,1-2H3,(H2,24,25,26);1H. The van der Waals surface area contributed by atoms with Gasteiger partial charge in [0.15, 0.2) is 5.96 Å². The second-order valence-corrected chi connectivity index (χ2v) is 9.56. The van der Waals surface area contributed by atoms with E-state index in [9.17, 15) is 4.39 Å². The number of nitrogens with one attached hydrogen (secondary N) is 2. The van der Waals surface area contributed by atoms with Crippen molar-refractivity contribution in [1.29, 1.82) is 0 Å². The van der Waals surface area contributed by atoms with Crippen LogP contribution < -0.4 is 15.5 Å². The van der Waals surface area contributed by atoms with Crippen LogP contribution >= 0.6 is 35.7 Å². The molecular weight excluding hydrogens is 514 g/mol. The van der Waals surface area contributed by atoms with Gasteiger partial charge >= 0.3 is 0 Å². The number of hydrogen-bond donors (Lipinski definition) is 2. The molecule has 5 nitrogen and oxygen atoms in total. The molecule has 2 heterocycles. The topological polar surface area (TPSA) is 48.9 Å². The first-order chi connectivity index (χ1) is 14.1. The molecule has 1 aromatic rings. The number of halogens is 2. The van der Waals surface area contributed by atoms with Crippen LogP contribution in [0.3, 0.4) is 0 Å². The van der Waals surface area contributed by atoms with Gasteiger partial charge in [-0.05, 0) is 56.6 Å². The lowest BCUT2D eigenvalue weighted by atomic mass is 9.99. The van der Waals surface area contributed by atoms with Crippen LogP contribution in [0.15, 0.2) is 29.3 Å². The monoisotopic (exact) mass is 550 g/mol. The zero-order valence-corrected chi connectivity index (χ0v) is 21.3. The normalized spacial score (nSPS) is 21.6. The molecule has 2 saturated heterocycles. The molecule has 0 saturated carbocycles. The van der Waals surface area contributed by atoms with Crippen molar-refractivity contribution in [3.05, 3.63) is 30.1 Å². The van der Waals surface area contributed by atoms with Crippen LogP contribution in [0.2, 0.25) is 0 Å². The molecule has 2 aliphatic rings. The SMILES string of the molecule is CCNC(=NCC1(SCC)CCOCC1)NC1CCCN(c2cccc(F)c2)C1.I. The van der Waals surface area contributed by atoms with Gasteiger partial charge < -0.3 is 20.3 Å². The van der Waals surface area contributed by atoms with Crippen molar-refractivity contribution >= 4 is 47.4 Å². The third kappa shape index (κ3) is 7.44. The minimum absolute atomic E-state index is 0. The highest BCUT2D eigenvalue weighted by Gasteiger charge is 2.32. The lowest BCUT2D eigenvalue weighted by Crippen LogP contribution is -2.51. The minimum atomic E-state index is -0.178. The van der Waals surface area contributed by atoms with Crippen molar-refractivity contribution < 1.29 is 9.13 Å². The van der Waals surface area contributed by atoms with E-state index in [-0.39, 0.29) is 34.5 Å². The minimum Gasteiger partial charge on any atom is -0.381 e. The highest BCUT2D eigenvalue weighted by molar-refractivity contribution is 14.0. The summed E-state index contributed by atoms with van der Waals surface area (Å²) >= 11 is 2.02. The quantitative estimate of drug-likeness (QED) is 0.302. The number of aliphatic imine (C=N–C) groups is 1. The summed E-state index contributed by atoms with van der Waals surface area (Å²) in [7, 11) is 0. The summed E-state index contributed by atoms with van der Waals surface area (Å²) in [5.74, 6) is 1.81. The summed E-state index contributed by atoms with van der Waals surface area (Å²) in [4.78, 5) is 7.24. The zero-order valence-electron chi connectivity index (χ0n) is 18.2. The van der Waals surface area contributed by atoms with Crippen molar-refractivity contribution in [3.8, 4) is 0 Å². The summed E-state index contributed by atoms with van der Waals surface area (Å²) in [6, 6.07) is 7.19. The molecule has 2 fully saturated rings. The van der Waals surface area contributed by atoms with E-state index in [0.717, 1.165) is 82.5 Å². The fourth-order valence-corrected chi connectivity index (χ4v) is 5.36. The number of anilines is 1. The lowest BCUT2D eigenvalue weighted by Gasteiger charge is -2.37. The number of benzene rings is 1. The number of nitrogens with zero attached hydrogens (tertiary/aromatic N) is 2. The first kappa shape index (κ1) is 25.5. The second-order valence-electron chi connectivity index (χ2n) is 7.83. The van der Waals surface area contributed by atoms with Crippen molar-refractivity contribution in [2.24, 2.45) is 4.99 Å². The largest absolute Gasteiger partial charge is 0.381 e. The van der Waals surface area contributed by atoms with Gasteiger partial charge in [-0.2, -0.15) is 11.8 Å². The van der Waals surface area contributed by atoms with Crippen molar-refractivity contribution in [1.82, 2.24) is 10.6 Å². The highest BCUT2D eigenvalue weighted by atomic mass is 127. The molecule has 170 valence electrons. The number of ether oxygens (including phenoxy) is 1. The maximum absolute atomic E-state index is 13.6. The van der Waals surface area contributed by atoms with E-state index in [1.807, 2.05) is 17.8 Å². The van der Waals surface area contributed by atoms with Crippen LogP contribution in [0.25, 0.3) is 0 Å². The van der Waals surface area contributed by atoms with Gasteiger partial charge in [-0.25, -0.2) is 4.39 Å². The Kier molecular flexibility index (Phi) is 11.0. The number of hydrogen-bond acceptors (Lipinski definition) is 4. The van der Waals surface area contributed by atoms with E-state index in [2.05, 4.69) is 29.4 Å². The summed E-state index contributed by atoms with van der Waals surface area (Å²) < 4.78 is 19.4. The maximum atomic E-state index is 13.6. The van der Waals surface area contributed by atoms with Crippen LogP contribution in [-0.2, 0) is 4.74 Å². The van der Waals surface area contributed by atoms with Crippen molar-refractivity contribution in [2.75, 3.05) is 50.0 Å². The third-order valence-electron chi connectivity index (χ3n) is 5.66. The molecule has 8 heteroatoms. The first-order valence-electron chi connectivity index (χ1n) is 10.9. The molecule has 1 atom stereocenters. The van der Waals surface area contributed by atoms with Crippen LogP contribution in [0.4, 0.5) is 10.1 Å². The Bertz CT molecular complexity index is 667. The molecule has 3 rings (SSSR count). The van der Waals surface area contributed by atoms with Gasteiger partial charge in [0.05, 0.1) is 6.54 Å². The van der Waals surface area contributed by atoms with Crippen LogP contribution in [0.5, 0.6) is 0 Å². The number of guanidine groups is 1. The highest BCUT2D eigenvalue weighted by Crippen LogP contribution is 2.35. The Balaban J connectivity index is 0.00000320. The molecule has 0 aliphatic carbocycles. The van der Waals surface area contributed by atoms with E-state index in [1.54, 1.807) is 12.1 Å². The Morgan fingerprint density at radius 3 is 2.83 bits per heavy atom. The predicted octanol–water partition coefficient (Wildman–Crippen LogP) is 4.27. The molecule has 2 N–H and O–H groups in total. The molecule has 0 aromatic heterocycles. The van der Waals surface area contributed by atoms with Gasteiger partial charge in [-0.1, -0.05) is 13.0 Å². The van der Waals surface area contributed by atoms with Crippen LogP contribution in [-0.4, -0.2) is 61.9 Å². The summed E-state index contributed by atoms with van der Waals surface area (Å²) in [6.07, 6.45) is 4.30. The smallest absolute Gasteiger partial charge is 0.191 e. The molecule has 0 spiro atoms. The molecule has 1 unspecified atom stereocenters. The Morgan fingerprint density at radius 2 is 2.13 bits per heavy atom. The average Bonchev–Trinajstić information content (AvgIpc) is 2.73. The van der Waals surface area contributed by atoms with E-state index in [0.29, 0.717) is 6.04 Å².